The summed E-state index contributed by atoms with van der Waals surface area (Å²) in [6, 6.07) is 7.33. The molecule has 1 aromatic rings. The molecule has 1 fully saturated rings. The summed E-state index contributed by atoms with van der Waals surface area (Å²) in [7, 11) is 1.44. The Labute approximate surface area is 107 Å². The van der Waals surface area contributed by atoms with Crippen LogP contribution >= 0.6 is 0 Å². The molecule has 0 aliphatic heterocycles. The molecule has 0 amide bonds. The van der Waals surface area contributed by atoms with E-state index < -0.39 is 0 Å². The average molecular weight is 249 g/mol. The molecule has 2 unspecified atom stereocenters. The quantitative estimate of drug-likeness (QED) is 0.799. The molecule has 0 spiro atoms. The van der Waals surface area contributed by atoms with Gasteiger partial charge < -0.3 is 15.2 Å². The summed E-state index contributed by atoms with van der Waals surface area (Å²) in [5.41, 5.74) is 1.02. The van der Waals surface area contributed by atoms with Gasteiger partial charge >= 0.3 is 5.97 Å². The fourth-order valence-corrected chi connectivity index (χ4v) is 2.55. The lowest BCUT2D eigenvalue weighted by Crippen LogP contribution is -2.36. The van der Waals surface area contributed by atoms with Gasteiger partial charge in [0, 0.05) is 12.6 Å². The van der Waals surface area contributed by atoms with E-state index in [-0.39, 0.29) is 23.7 Å². The Morgan fingerprint density at radius 3 is 3.06 bits per heavy atom. The first-order chi connectivity index (χ1) is 8.70. The Morgan fingerprint density at radius 1 is 1.50 bits per heavy atom. The summed E-state index contributed by atoms with van der Waals surface area (Å²) in [6.45, 7) is 0.659. The standard InChI is InChI=1S/C14H19NO3/c1-18-14(17)12-6-3-7-13(12)15-9-10-4-2-5-11(16)8-10/h2,4-5,8,12-13,15-16H,3,6-7,9H2,1H3. The first-order valence-corrected chi connectivity index (χ1v) is 6.30. The maximum atomic E-state index is 11.6. The number of carbonyl (C=O) groups excluding carboxylic acids is 1. The van der Waals surface area contributed by atoms with Crippen molar-refractivity contribution < 1.29 is 14.6 Å². The second kappa shape index (κ2) is 5.87. The zero-order valence-corrected chi connectivity index (χ0v) is 10.6. The van der Waals surface area contributed by atoms with Gasteiger partial charge in [0.05, 0.1) is 13.0 Å². The third kappa shape index (κ3) is 3.01. The predicted octanol–water partition coefficient (Wildman–Crippen LogP) is 1.82. The molecule has 0 bridgehead atoms. The minimum atomic E-state index is -0.124. The monoisotopic (exact) mass is 249 g/mol. The fraction of sp³-hybridized carbons (Fsp3) is 0.500. The number of phenolic OH excluding ortho intramolecular Hbond substituents is 1. The van der Waals surface area contributed by atoms with Crippen LogP contribution in [0, 0.1) is 5.92 Å². The Balaban J connectivity index is 1.91. The molecular weight excluding hydrogens is 230 g/mol. The number of nitrogens with one attached hydrogen (secondary N) is 1. The van der Waals surface area contributed by atoms with Gasteiger partial charge in [-0.05, 0) is 30.5 Å². The van der Waals surface area contributed by atoms with E-state index in [0.29, 0.717) is 6.54 Å². The highest BCUT2D eigenvalue weighted by molar-refractivity contribution is 5.73. The van der Waals surface area contributed by atoms with Crippen LogP contribution < -0.4 is 5.32 Å². The van der Waals surface area contributed by atoms with E-state index in [0.717, 1.165) is 24.8 Å². The number of ether oxygens (including phenoxy) is 1. The highest BCUT2D eigenvalue weighted by Gasteiger charge is 2.33. The second-order valence-corrected chi connectivity index (χ2v) is 4.72. The Morgan fingerprint density at radius 2 is 2.33 bits per heavy atom. The van der Waals surface area contributed by atoms with Crippen LogP contribution in [0.25, 0.3) is 0 Å². The first-order valence-electron chi connectivity index (χ1n) is 6.30. The minimum absolute atomic E-state index is 0.0349. The van der Waals surface area contributed by atoms with Crippen LogP contribution in [0.3, 0.4) is 0 Å². The molecule has 1 aliphatic rings. The molecule has 0 saturated heterocycles. The highest BCUT2D eigenvalue weighted by Crippen LogP contribution is 2.27. The zero-order chi connectivity index (χ0) is 13.0. The van der Waals surface area contributed by atoms with Crippen molar-refractivity contribution >= 4 is 5.97 Å². The summed E-state index contributed by atoms with van der Waals surface area (Å²) < 4.78 is 4.82. The molecule has 2 rings (SSSR count). The third-order valence-electron chi connectivity index (χ3n) is 3.50. The number of aromatic hydroxyl groups is 1. The van der Waals surface area contributed by atoms with Gasteiger partial charge in [0.1, 0.15) is 5.75 Å². The van der Waals surface area contributed by atoms with Gasteiger partial charge in [-0.2, -0.15) is 0 Å². The molecule has 98 valence electrons. The third-order valence-corrected chi connectivity index (χ3v) is 3.50. The largest absolute Gasteiger partial charge is 0.508 e. The van der Waals surface area contributed by atoms with Crippen LogP contribution in [-0.2, 0) is 16.1 Å². The number of benzene rings is 1. The molecule has 0 radical (unpaired) electrons. The van der Waals surface area contributed by atoms with Gasteiger partial charge in [-0.25, -0.2) is 0 Å². The van der Waals surface area contributed by atoms with Crippen molar-refractivity contribution in [1.82, 2.24) is 5.32 Å². The molecule has 18 heavy (non-hydrogen) atoms. The van der Waals surface area contributed by atoms with E-state index in [1.165, 1.54) is 7.11 Å². The van der Waals surface area contributed by atoms with E-state index in [2.05, 4.69) is 5.32 Å². The Bertz CT molecular complexity index is 419. The number of hydrogen-bond acceptors (Lipinski definition) is 4. The van der Waals surface area contributed by atoms with Crippen LogP contribution in [0.15, 0.2) is 24.3 Å². The van der Waals surface area contributed by atoms with E-state index in [4.69, 9.17) is 4.74 Å². The number of phenols is 1. The molecule has 4 nitrogen and oxygen atoms in total. The fourth-order valence-electron chi connectivity index (χ4n) is 2.55. The summed E-state index contributed by atoms with van der Waals surface area (Å²) in [6.07, 6.45) is 2.94. The molecule has 0 heterocycles. The zero-order valence-electron chi connectivity index (χ0n) is 10.6. The molecular formula is C14H19NO3. The lowest BCUT2D eigenvalue weighted by molar-refractivity contribution is -0.145. The number of carbonyl (C=O) groups is 1. The summed E-state index contributed by atoms with van der Waals surface area (Å²) in [5, 5.41) is 12.8. The van der Waals surface area contributed by atoms with Crippen molar-refractivity contribution in [3.05, 3.63) is 29.8 Å². The van der Waals surface area contributed by atoms with Crippen LogP contribution in [0.4, 0.5) is 0 Å². The van der Waals surface area contributed by atoms with Crippen LogP contribution in [0.5, 0.6) is 5.75 Å². The number of methoxy groups -OCH3 is 1. The molecule has 1 saturated carbocycles. The van der Waals surface area contributed by atoms with Crippen LogP contribution in [0.2, 0.25) is 0 Å². The molecule has 1 aliphatic carbocycles. The van der Waals surface area contributed by atoms with Crippen molar-refractivity contribution in [2.45, 2.75) is 31.8 Å². The normalized spacial score (nSPS) is 22.9. The van der Waals surface area contributed by atoms with E-state index >= 15 is 0 Å². The minimum Gasteiger partial charge on any atom is -0.508 e. The summed E-state index contributed by atoms with van der Waals surface area (Å²) in [4.78, 5) is 11.6. The van der Waals surface area contributed by atoms with Gasteiger partial charge in [-0.15, -0.1) is 0 Å². The number of hydrogen-bond donors (Lipinski definition) is 2. The van der Waals surface area contributed by atoms with Crippen molar-refractivity contribution in [3.63, 3.8) is 0 Å². The van der Waals surface area contributed by atoms with Gasteiger partial charge in [0.2, 0.25) is 0 Å². The smallest absolute Gasteiger partial charge is 0.310 e. The number of rotatable bonds is 4. The first kappa shape index (κ1) is 12.9. The van der Waals surface area contributed by atoms with E-state index in [1.54, 1.807) is 12.1 Å². The lowest BCUT2D eigenvalue weighted by Gasteiger charge is -2.19. The number of esters is 1. The van der Waals surface area contributed by atoms with Crippen molar-refractivity contribution in [3.8, 4) is 5.75 Å². The van der Waals surface area contributed by atoms with Crippen LogP contribution in [-0.4, -0.2) is 24.2 Å². The van der Waals surface area contributed by atoms with Crippen molar-refractivity contribution in [2.24, 2.45) is 5.92 Å². The van der Waals surface area contributed by atoms with Crippen molar-refractivity contribution in [1.29, 1.82) is 0 Å². The summed E-state index contributed by atoms with van der Waals surface area (Å²) >= 11 is 0. The molecule has 0 aromatic heterocycles. The molecule has 4 heteroatoms. The van der Waals surface area contributed by atoms with Gasteiger partial charge in [-0.3, -0.25) is 4.79 Å². The SMILES string of the molecule is COC(=O)C1CCCC1NCc1cccc(O)c1. The Kier molecular flexibility index (Phi) is 4.20. The molecule has 2 atom stereocenters. The molecule has 1 aromatic carbocycles. The maximum Gasteiger partial charge on any atom is 0.310 e. The second-order valence-electron chi connectivity index (χ2n) is 4.72. The van der Waals surface area contributed by atoms with Gasteiger partial charge in [-0.1, -0.05) is 18.6 Å². The highest BCUT2D eigenvalue weighted by atomic mass is 16.5. The topological polar surface area (TPSA) is 58.6 Å². The van der Waals surface area contributed by atoms with Gasteiger partial charge in [0.25, 0.3) is 0 Å². The molecule has 2 N–H and O–H groups in total. The van der Waals surface area contributed by atoms with Crippen molar-refractivity contribution in [2.75, 3.05) is 7.11 Å². The Hall–Kier alpha value is -1.55. The van der Waals surface area contributed by atoms with Crippen LogP contribution in [0.1, 0.15) is 24.8 Å². The van der Waals surface area contributed by atoms with E-state index in [1.807, 2.05) is 12.1 Å². The van der Waals surface area contributed by atoms with Gasteiger partial charge in [0.15, 0.2) is 0 Å². The lowest BCUT2D eigenvalue weighted by atomic mass is 10.0. The summed E-state index contributed by atoms with van der Waals surface area (Å²) in [5.74, 6) is 0.110. The van der Waals surface area contributed by atoms with E-state index in [9.17, 15) is 9.90 Å². The average Bonchev–Trinajstić information content (AvgIpc) is 2.84. The maximum absolute atomic E-state index is 11.6. The predicted molar refractivity (Wildman–Crippen MR) is 68.1 cm³/mol.